The number of rotatable bonds is 4. The first-order valence-corrected chi connectivity index (χ1v) is 24.1. The molecular formula is C63H34N4O2S. The number of furan rings is 2. The maximum absolute atomic E-state index is 12.1. The fraction of sp³-hybridized carbons (Fsp3) is 0.0159. The van der Waals surface area contributed by atoms with E-state index in [4.69, 9.17) is 8.83 Å². The minimum Gasteiger partial charge on any atom is -0.454 e. The summed E-state index contributed by atoms with van der Waals surface area (Å²) in [5.41, 5.74) is 12.7. The van der Waals surface area contributed by atoms with E-state index >= 15 is 0 Å². The van der Waals surface area contributed by atoms with Crippen LogP contribution in [0.4, 0.5) is 5.69 Å². The second-order valence-electron chi connectivity index (χ2n) is 18.1. The van der Waals surface area contributed by atoms with Crippen molar-refractivity contribution in [3.63, 3.8) is 0 Å². The Kier molecular flexibility index (Phi) is 7.91. The fourth-order valence-corrected chi connectivity index (χ4v) is 12.8. The van der Waals surface area contributed by atoms with E-state index < -0.39 is 0 Å². The van der Waals surface area contributed by atoms with Gasteiger partial charge in [-0.05, 0) is 60.5 Å². The summed E-state index contributed by atoms with van der Waals surface area (Å²) in [7, 11) is 0. The molecule has 0 radical (unpaired) electrons. The molecule has 0 saturated heterocycles. The van der Waals surface area contributed by atoms with Crippen molar-refractivity contribution >= 4 is 125 Å². The Hall–Kier alpha value is -9.40. The van der Waals surface area contributed by atoms with Gasteiger partial charge in [0, 0.05) is 69.7 Å². The average molecular weight is 911 g/mol. The van der Waals surface area contributed by atoms with E-state index in [1.807, 2.05) is 72.8 Å². The first-order chi connectivity index (χ1) is 34.6. The SMILES string of the molecule is [C-]#[N+]c1c(-c2ccccc2)c(C#N)c(-n2c3ccccc3c3ccc4c5cc(C)ccc5oc4c32)c(-c2ccccc2)c1-n1c2c(ccc3c4ccccc4oc32)c2ccc3c4ccccc4sc3c21. The lowest BCUT2D eigenvalue weighted by molar-refractivity contribution is 0.671. The summed E-state index contributed by atoms with van der Waals surface area (Å²) in [5.74, 6) is 0. The van der Waals surface area contributed by atoms with Crippen molar-refractivity contribution < 1.29 is 8.83 Å². The molecule has 10 aromatic carbocycles. The van der Waals surface area contributed by atoms with Crippen LogP contribution >= 0.6 is 11.3 Å². The zero-order chi connectivity index (χ0) is 46.4. The minimum absolute atomic E-state index is 0.362. The summed E-state index contributed by atoms with van der Waals surface area (Å²) in [6, 6.07) is 67.7. The number of fused-ring (bicyclic) bond motifs is 18. The number of nitrogens with zero attached hydrogens (tertiary/aromatic N) is 4. The minimum atomic E-state index is 0.362. The molecule has 6 nitrogen and oxygen atoms in total. The van der Waals surface area contributed by atoms with Gasteiger partial charge in [-0.1, -0.05) is 151 Å². The first kappa shape index (κ1) is 38.7. The summed E-state index contributed by atoms with van der Waals surface area (Å²) in [5, 5.41) is 22.4. The van der Waals surface area contributed by atoms with E-state index in [0.29, 0.717) is 28.2 Å². The van der Waals surface area contributed by atoms with Crippen LogP contribution in [0, 0.1) is 24.8 Å². The second-order valence-corrected chi connectivity index (χ2v) is 19.2. The topological polar surface area (TPSA) is 64.3 Å². The molecule has 0 bridgehead atoms. The average Bonchev–Trinajstić information content (AvgIpc) is 4.23. The van der Waals surface area contributed by atoms with Crippen molar-refractivity contribution in [3.05, 3.63) is 211 Å². The number of hydrogen-bond donors (Lipinski definition) is 0. The van der Waals surface area contributed by atoms with Crippen LogP contribution in [0.2, 0.25) is 0 Å². The summed E-state index contributed by atoms with van der Waals surface area (Å²) >= 11 is 1.76. The van der Waals surface area contributed by atoms with E-state index in [1.54, 1.807) is 11.3 Å². The zero-order valence-corrected chi connectivity index (χ0v) is 38.2. The number of benzene rings is 10. The Bertz CT molecular complexity index is 4730. The summed E-state index contributed by atoms with van der Waals surface area (Å²) in [6.07, 6.45) is 0. The third-order valence-electron chi connectivity index (χ3n) is 14.4. The van der Waals surface area contributed by atoms with Gasteiger partial charge in [0.2, 0.25) is 5.69 Å². The van der Waals surface area contributed by atoms with Crippen LogP contribution < -0.4 is 0 Å². The van der Waals surface area contributed by atoms with Crippen LogP contribution in [-0.4, -0.2) is 9.13 Å². The van der Waals surface area contributed by atoms with Crippen LogP contribution in [-0.2, 0) is 0 Å². The second kappa shape index (κ2) is 14.3. The molecule has 0 fully saturated rings. The van der Waals surface area contributed by atoms with Crippen LogP contribution in [0.15, 0.2) is 197 Å². The van der Waals surface area contributed by atoms with Crippen molar-refractivity contribution in [1.29, 1.82) is 5.26 Å². The van der Waals surface area contributed by atoms with Crippen LogP contribution in [0.5, 0.6) is 0 Å². The van der Waals surface area contributed by atoms with Gasteiger partial charge in [-0.15, -0.1) is 11.3 Å². The predicted molar refractivity (Wildman–Crippen MR) is 289 cm³/mol. The molecule has 0 saturated carbocycles. The molecule has 70 heavy (non-hydrogen) atoms. The predicted octanol–water partition coefficient (Wildman–Crippen LogP) is 18.1. The molecule has 0 atom stereocenters. The molecule has 0 spiro atoms. The molecule has 15 aromatic rings. The Labute approximate surface area is 403 Å². The van der Waals surface area contributed by atoms with Gasteiger partial charge in [0.1, 0.15) is 17.2 Å². The quantitative estimate of drug-likeness (QED) is 0.165. The number of thiophene rings is 1. The lowest BCUT2D eigenvalue weighted by Gasteiger charge is -2.25. The number of para-hydroxylation sites is 2. The summed E-state index contributed by atoms with van der Waals surface area (Å²) < 4.78 is 20.9. The molecule has 0 unspecified atom stereocenters. The van der Waals surface area contributed by atoms with E-state index in [0.717, 1.165) is 120 Å². The third-order valence-corrected chi connectivity index (χ3v) is 15.6. The van der Waals surface area contributed by atoms with E-state index in [9.17, 15) is 11.8 Å². The number of nitriles is 1. The maximum Gasteiger partial charge on any atom is 0.220 e. The van der Waals surface area contributed by atoms with Crippen LogP contribution in [0.1, 0.15) is 11.1 Å². The molecule has 0 amide bonds. The van der Waals surface area contributed by atoms with Gasteiger partial charge in [-0.25, -0.2) is 4.85 Å². The van der Waals surface area contributed by atoms with Crippen molar-refractivity contribution in [3.8, 4) is 39.7 Å². The highest BCUT2D eigenvalue weighted by atomic mass is 32.1. The smallest absolute Gasteiger partial charge is 0.220 e. The van der Waals surface area contributed by atoms with Crippen molar-refractivity contribution in [2.24, 2.45) is 0 Å². The Morgan fingerprint density at radius 3 is 1.77 bits per heavy atom. The normalized spacial score (nSPS) is 12.0. The highest BCUT2D eigenvalue weighted by Gasteiger charge is 2.34. The monoisotopic (exact) mass is 910 g/mol. The first-order valence-electron chi connectivity index (χ1n) is 23.3. The number of aryl methyl sites for hydroxylation is 1. The molecule has 0 aliphatic heterocycles. The lowest BCUT2D eigenvalue weighted by Crippen LogP contribution is -2.09. The zero-order valence-electron chi connectivity index (χ0n) is 37.4. The van der Waals surface area contributed by atoms with Gasteiger partial charge in [-0.3, -0.25) is 0 Å². The molecule has 0 N–H and O–H groups in total. The van der Waals surface area contributed by atoms with Gasteiger partial charge in [-0.2, -0.15) is 5.26 Å². The highest BCUT2D eigenvalue weighted by molar-refractivity contribution is 7.26. The molecule has 5 aromatic heterocycles. The standard InChI is InChI=1S/C63H34N4O2S/c1-35-25-32-51-47(33-35)45-30-26-41-38-19-9-12-22-49(38)66(57(41)62(45)69-51)56-48(34-64)53(36-15-5-3-6-16-36)55(65-2)60(54(56)37-17-7-4-8-18-37)67-58-42(27-29-44-39-20-10-13-23-50(39)68-61(44)58)43-28-31-46-40-21-11-14-24-52(40)70-63(46)59(43)67/h3-33H,1H3. The molecule has 0 aliphatic carbocycles. The highest BCUT2D eigenvalue weighted by Crippen LogP contribution is 2.55. The fourth-order valence-electron chi connectivity index (χ4n) is 11.5. The molecule has 7 heteroatoms. The van der Waals surface area contributed by atoms with E-state index in [2.05, 4.69) is 142 Å². The molecule has 5 heterocycles. The van der Waals surface area contributed by atoms with Crippen LogP contribution in [0.25, 0.3) is 146 Å². The Morgan fingerprint density at radius 2 is 1.04 bits per heavy atom. The van der Waals surface area contributed by atoms with E-state index in [1.165, 1.54) is 10.1 Å². The van der Waals surface area contributed by atoms with Gasteiger partial charge >= 0.3 is 0 Å². The van der Waals surface area contributed by atoms with E-state index in [-0.39, 0.29) is 0 Å². The van der Waals surface area contributed by atoms with Crippen molar-refractivity contribution in [1.82, 2.24) is 9.13 Å². The number of aromatic nitrogens is 2. The van der Waals surface area contributed by atoms with Gasteiger partial charge in [0.25, 0.3) is 0 Å². The maximum atomic E-state index is 12.1. The van der Waals surface area contributed by atoms with Gasteiger partial charge in [0.05, 0.1) is 50.3 Å². The lowest BCUT2D eigenvalue weighted by atomic mass is 9.88. The molecule has 15 rings (SSSR count). The Morgan fingerprint density at radius 1 is 0.486 bits per heavy atom. The third kappa shape index (κ3) is 5.08. The summed E-state index contributed by atoms with van der Waals surface area (Å²) in [4.78, 5) is 4.61. The molecule has 0 aliphatic rings. The van der Waals surface area contributed by atoms with Crippen molar-refractivity contribution in [2.75, 3.05) is 0 Å². The van der Waals surface area contributed by atoms with Gasteiger partial charge in [0.15, 0.2) is 11.2 Å². The van der Waals surface area contributed by atoms with Crippen LogP contribution in [0.3, 0.4) is 0 Å². The molecule has 324 valence electrons. The van der Waals surface area contributed by atoms with Gasteiger partial charge < -0.3 is 18.0 Å². The largest absolute Gasteiger partial charge is 0.454 e. The number of hydrogen-bond acceptors (Lipinski definition) is 4. The summed E-state index contributed by atoms with van der Waals surface area (Å²) in [6.45, 7) is 11.6. The molecular weight excluding hydrogens is 877 g/mol. The Balaban J connectivity index is 1.26. The van der Waals surface area contributed by atoms with Crippen molar-refractivity contribution in [2.45, 2.75) is 6.92 Å².